The summed E-state index contributed by atoms with van der Waals surface area (Å²) in [5.41, 5.74) is 0.552. The Morgan fingerprint density at radius 2 is 1.48 bits per heavy atom. The smallest absolute Gasteiger partial charge is 0.318 e. The summed E-state index contributed by atoms with van der Waals surface area (Å²) >= 11 is 0. The van der Waals surface area contributed by atoms with Crippen LogP contribution in [0.4, 0.5) is 0 Å². The Bertz CT molecular complexity index is 986. The molecule has 0 atom stereocenters. The van der Waals surface area contributed by atoms with Gasteiger partial charge in [-0.1, -0.05) is 36.4 Å². The predicted molar refractivity (Wildman–Crippen MR) is 87.6 cm³/mol. The summed E-state index contributed by atoms with van der Waals surface area (Å²) < 4.78 is 60.7. The maximum absolute atomic E-state index is 12.7. The molecule has 1 aliphatic heterocycles. The molecule has 0 spiro atoms. The molecule has 2 aromatic carbocycles. The van der Waals surface area contributed by atoms with Crippen LogP contribution in [0.25, 0.3) is 0 Å². The third-order valence-corrected chi connectivity index (χ3v) is 6.44. The zero-order valence-electron chi connectivity index (χ0n) is 12.8. The van der Waals surface area contributed by atoms with E-state index in [1.165, 1.54) is 24.3 Å². The zero-order valence-corrected chi connectivity index (χ0v) is 14.5. The van der Waals surface area contributed by atoms with E-state index in [0.717, 1.165) is 0 Å². The fourth-order valence-electron chi connectivity index (χ4n) is 2.80. The highest BCUT2D eigenvalue weighted by Crippen LogP contribution is 2.42. The van der Waals surface area contributed by atoms with Gasteiger partial charge in [0.15, 0.2) is 0 Å². The summed E-state index contributed by atoms with van der Waals surface area (Å²) in [6.07, 6.45) is 0. The van der Waals surface area contributed by atoms with Crippen LogP contribution in [-0.4, -0.2) is 39.7 Å². The van der Waals surface area contributed by atoms with Crippen LogP contribution in [-0.2, 0) is 29.5 Å². The number of esters is 1. The van der Waals surface area contributed by atoms with Crippen molar-refractivity contribution in [2.45, 2.75) is 15.7 Å². The molecule has 0 aromatic heterocycles. The van der Waals surface area contributed by atoms with E-state index in [-0.39, 0.29) is 20.9 Å². The summed E-state index contributed by atoms with van der Waals surface area (Å²) in [6.45, 7) is -0.523. The first-order valence-electron chi connectivity index (χ1n) is 7.26. The topological polar surface area (TPSA) is 115 Å². The van der Waals surface area contributed by atoms with Gasteiger partial charge in [-0.3, -0.25) is 9.35 Å². The van der Waals surface area contributed by atoms with Crippen molar-refractivity contribution in [1.82, 2.24) is 0 Å². The maximum atomic E-state index is 12.7. The second kappa shape index (κ2) is 6.25. The number of hydrogen-bond donors (Lipinski definition) is 1. The average molecular weight is 382 g/mol. The quantitative estimate of drug-likeness (QED) is 0.628. The van der Waals surface area contributed by atoms with Crippen LogP contribution in [0.1, 0.15) is 17.0 Å². The first-order chi connectivity index (χ1) is 11.7. The molecule has 0 saturated heterocycles. The van der Waals surface area contributed by atoms with Crippen molar-refractivity contribution in [3.05, 3.63) is 59.7 Å². The van der Waals surface area contributed by atoms with E-state index in [4.69, 9.17) is 9.29 Å². The van der Waals surface area contributed by atoms with Crippen LogP contribution in [0.5, 0.6) is 0 Å². The molecule has 0 amide bonds. The molecular formula is C16H14O7S2. The molecule has 0 saturated carbocycles. The lowest BCUT2D eigenvalue weighted by Gasteiger charge is -2.26. The largest absolute Gasteiger partial charge is 0.464 e. The zero-order chi connectivity index (χ0) is 18.2. The fourth-order valence-corrected chi connectivity index (χ4v) is 4.84. The van der Waals surface area contributed by atoms with E-state index in [9.17, 15) is 21.6 Å². The van der Waals surface area contributed by atoms with Gasteiger partial charge in [0.25, 0.3) is 10.1 Å². The van der Waals surface area contributed by atoms with Gasteiger partial charge in [0.05, 0.1) is 9.79 Å². The highest BCUT2D eigenvalue weighted by molar-refractivity contribution is 7.91. The van der Waals surface area contributed by atoms with Crippen molar-refractivity contribution in [3.63, 3.8) is 0 Å². The lowest BCUT2D eigenvalue weighted by atomic mass is 9.91. The minimum Gasteiger partial charge on any atom is -0.464 e. The van der Waals surface area contributed by atoms with Crippen molar-refractivity contribution in [2.24, 2.45) is 0 Å². The van der Waals surface area contributed by atoms with E-state index in [0.29, 0.717) is 0 Å². The number of ether oxygens (including phenoxy) is 1. The molecule has 1 aliphatic rings. The van der Waals surface area contributed by atoms with Crippen molar-refractivity contribution < 1.29 is 30.9 Å². The van der Waals surface area contributed by atoms with Gasteiger partial charge in [-0.15, -0.1) is 0 Å². The molecule has 1 N–H and O–H groups in total. The first-order valence-corrected chi connectivity index (χ1v) is 10.4. The van der Waals surface area contributed by atoms with Crippen molar-refractivity contribution in [2.75, 3.05) is 12.4 Å². The van der Waals surface area contributed by atoms with Crippen LogP contribution in [0.3, 0.4) is 0 Å². The maximum Gasteiger partial charge on any atom is 0.318 e. The lowest BCUT2D eigenvalue weighted by Crippen LogP contribution is -2.27. The van der Waals surface area contributed by atoms with Gasteiger partial charge in [-0.25, -0.2) is 8.42 Å². The van der Waals surface area contributed by atoms with Gasteiger partial charge in [0, 0.05) is 0 Å². The number of benzene rings is 2. The van der Waals surface area contributed by atoms with E-state index in [1.807, 2.05) is 0 Å². The molecule has 25 heavy (non-hydrogen) atoms. The molecule has 1 heterocycles. The monoisotopic (exact) mass is 382 g/mol. The van der Waals surface area contributed by atoms with Gasteiger partial charge in [-0.05, 0) is 23.3 Å². The molecule has 3 rings (SSSR count). The molecule has 0 aliphatic carbocycles. The Morgan fingerprint density at radius 3 is 1.96 bits per heavy atom. The molecular weight excluding hydrogens is 368 g/mol. The second-order valence-electron chi connectivity index (χ2n) is 5.47. The van der Waals surface area contributed by atoms with Crippen LogP contribution in [0.15, 0.2) is 58.3 Å². The van der Waals surface area contributed by atoms with E-state index < -0.39 is 44.2 Å². The van der Waals surface area contributed by atoms with Gasteiger partial charge in [-0.2, -0.15) is 8.42 Å². The number of hydrogen-bond acceptors (Lipinski definition) is 6. The minimum absolute atomic E-state index is 0.0189. The third kappa shape index (κ3) is 3.30. The van der Waals surface area contributed by atoms with Crippen LogP contribution >= 0.6 is 0 Å². The first kappa shape index (κ1) is 17.6. The molecule has 2 aromatic rings. The molecule has 0 radical (unpaired) electrons. The number of carbonyl (C=O) groups excluding carboxylic acids is 1. The Kier molecular flexibility index (Phi) is 4.40. The van der Waals surface area contributed by atoms with Gasteiger partial charge in [0.1, 0.15) is 18.3 Å². The molecule has 0 unspecified atom stereocenters. The summed E-state index contributed by atoms with van der Waals surface area (Å²) in [4.78, 5) is 12.6. The number of carbonyl (C=O) groups is 1. The van der Waals surface area contributed by atoms with E-state index in [1.54, 1.807) is 24.3 Å². The van der Waals surface area contributed by atoms with Crippen molar-refractivity contribution in [1.29, 1.82) is 0 Å². The summed E-state index contributed by atoms with van der Waals surface area (Å²) in [5.74, 6) is -2.50. The van der Waals surface area contributed by atoms with Crippen LogP contribution in [0.2, 0.25) is 0 Å². The van der Waals surface area contributed by atoms with Crippen molar-refractivity contribution >= 4 is 25.9 Å². The normalized spacial score (nSPS) is 15.9. The van der Waals surface area contributed by atoms with Crippen LogP contribution in [0, 0.1) is 0 Å². The predicted octanol–water partition coefficient (Wildman–Crippen LogP) is 1.40. The second-order valence-corrected chi connectivity index (χ2v) is 8.92. The fraction of sp³-hybridized carbons (Fsp3) is 0.188. The molecule has 132 valence electrons. The summed E-state index contributed by atoms with van der Waals surface area (Å²) in [7, 11) is -8.02. The highest BCUT2D eigenvalue weighted by Gasteiger charge is 2.39. The van der Waals surface area contributed by atoms with Gasteiger partial charge >= 0.3 is 5.97 Å². The Labute approximate surface area is 144 Å². The summed E-state index contributed by atoms with van der Waals surface area (Å²) in [5, 5.41) is 0. The van der Waals surface area contributed by atoms with E-state index in [2.05, 4.69) is 0 Å². The highest BCUT2D eigenvalue weighted by atomic mass is 32.2. The standard InChI is InChI=1S/C16H14O7S2/c17-16(23-9-10-24(18,19)20)15-11-5-1-3-7-13(11)25(21,22)14-8-4-2-6-12(14)15/h1-8,15H,9-10H2,(H,18,19,20). The average Bonchev–Trinajstić information content (AvgIpc) is 2.54. The Morgan fingerprint density at radius 1 is 1.00 bits per heavy atom. The number of fused-ring (bicyclic) bond motifs is 2. The molecule has 0 fully saturated rings. The summed E-state index contributed by atoms with van der Waals surface area (Å²) in [6, 6.07) is 12.2. The SMILES string of the molecule is O=C(OCCS(=O)(=O)O)C1c2ccccc2S(=O)(=O)c2ccccc21. The Hall–Kier alpha value is -2.23. The van der Waals surface area contributed by atoms with Gasteiger partial charge in [0.2, 0.25) is 9.84 Å². The lowest BCUT2D eigenvalue weighted by molar-refractivity contribution is -0.143. The molecule has 9 heteroatoms. The van der Waals surface area contributed by atoms with Gasteiger partial charge < -0.3 is 4.74 Å². The van der Waals surface area contributed by atoms with Crippen molar-refractivity contribution in [3.8, 4) is 0 Å². The Balaban J connectivity index is 2.04. The number of rotatable bonds is 4. The van der Waals surface area contributed by atoms with E-state index >= 15 is 0 Å². The number of sulfone groups is 1. The van der Waals surface area contributed by atoms with Crippen LogP contribution < -0.4 is 0 Å². The molecule has 7 nitrogen and oxygen atoms in total. The molecule has 0 bridgehead atoms. The minimum atomic E-state index is -4.26. The third-order valence-electron chi connectivity index (χ3n) is 3.86.